The fourth-order valence-corrected chi connectivity index (χ4v) is 2.57. The summed E-state index contributed by atoms with van der Waals surface area (Å²) in [7, 11) is 0. The van der Waals surface area contributed by atoms with Gasteiger partial charge in [-0.1, -0.05) is 5.16 Å². The number of nitrogens with one attached hydrogen (secondary N) is 1. The molecule has 1 aliphatic rings. The number of hydrogen-bond acceptors (Lipinski definition) is 4. The first-order chi connectivity index (χ1) is 7.06. The van der Waals surface area contributed by atoms with Gasteiger partial charge >= 0.3 is 0 Å². The molecule has 15 heavy (non-hydrogen) atoms. The SMILES string of the molecule is CC(C)(C)NCc1noc2c1CSCC2. The standard InChI is InChI=1S/C11H18N2OS/c1-11(2,3)12-6-9-8-7-15-5-4-10(8)14-13-9/h12H,4-7H2,1-3H3. The summed E-state index contributed by atoms with van der Waals surface area (Å²) in [5.41, 5.74) is 2.54. The molecule has 84 valence electrons. The second-order valence-electron chi connectivity index (χ2n) is 4.94. The number of aryl methyl sites for hydroxylation is 1. The van der Waals surface area contributed by atoms with Crippen LogP contribution in [0.3, 0.4) is 0 Å². The molecule has 0 unspecified atom stereocenters. The molecular weight excluding hydrogens is 208 g/mol. The Morgan fingerprint density at radius 1 is 1.47 bits per heavy atom. The molecule has 0 aromatic carbocycles. The van der Waals surface area contributed by atoms with Crippen LogP contribution < -0.4 is 5.32 Å². The van der Waals surface area contributed by atoms with E-state index in [4.69, 9.17) is 4.52 Å². The predicted molar refractivity (Wildman–Crippen MR) is 63.0 cm³/mol. The average Bonchev–Trinajstić information content (AvgIpc) is 2.57. The highest BCUT2D eigenvalue weighted by atomic mass is 32.2. The third-order valence-corrected chi connectivity index (χ3v) is 3.44. The van der Waals surface area contributed by atoms with Gasteiger partial charge in [-0.2, -0.15) is 11.8 Å². The highest BCUT2D eigenvalue weighted by molar-refractivity contribution is 7.98. The maximum atomic E-state index is 5.35. The molecule has 3 nitrogen and oxygen atoms in total. The first-order valence-electron chi connectivity index (χ1n) is 5.35. The van der Waals surface area contributed by atoms with Gasteiger partial charge < -0.3 is 9.84 Å². The van der Waals surface area contributed by atoms with Gasteiger partial charge in [0.05, 0.1) is 0 Å². The van der Waals surface area contributed by atoms with Gasteiger partial charge in [0.2, 0.25) is 0 Å². The second kappa shape index (κ2) is 4.18. The molecule has 1 N–H and O–H groups in total. The van der Waals surface area contributed by atoms with Crippen molar-refractivity contribution in [2.24, 2.45) is 0 Å². The molecule has 2 heterocycles. The lowest BCUT2D eigenvalue weighted by Crippen LogP contribution is -2.35. The van der Waals surface area contributed by atoms with Crippen molar-refractivity contribution in [2.45, 2.75) is 45.0 Å². The molecule has 0 aliphatic carbocycles. The van der Waals surface area contributed by atoms with E-state index in [1.807, 2.05) is 11.8 Å². The summed E-state index contributed by atoms with van der Waals surface area (Å²) in [6.45, 7) is 7.29. The fourth-order valence-electron chi connectivity index (χ4n) is 1.57. The average molecular weight is 226 g/mol. The van der Waals surface area contributed by atoms with Crippen molar-refractivity contribution in [3.05, 3.63) is 17.0 Å². The van der Waals surface area contributed by atoms with Crippen molar-refractivity contribution in [2.75, 3.05) is 5.75 Å². The molecule has 0 fully saturated rings. The van der Waals surface area contributed by atoms with Crippen molar-refractivity contribution in [1.82, 2.24) is 10.5 Å². The van der Waals surface area contributed by atoms with Crippen molar-refractivity contribution in [1.29, 1.82) is 0 Å². The fraction of sp³-hybridized carbons (Fsp3) is 0.727. The molecule has 0 amide bonds. The molecule has 4 heteroatoms. The highest BCUT2D eigenvalue weighted by Gasteiger charge is 2.20. The Bertz CT molecular complexity index is 341. The predicted octanol–water partition coefficient (Wildman–Crippen LogP) is 2.35. The molecule has 0 radical (unpaired) electrons. The Kier molecular flexibility index (Phi) is 3.07. The normalized spacial score (nSPS) is 16.5. The summed E-state index contributed by atoms with van der Waals surface area (Å²) in [5, 5.41) is 7.59. The monoisotopic (exact) mass is 226 g/mol. The maximum Gasteiger partial charge on any atom is 0.141 e. The lowest BCUT2D eigenvalue weighted by Gasteiger charge is -2.20. The minimum Gasteiger partial charge on any atom is -0.361 e. The number of thioether (sulfide) groups is 1. The van der Waals surface area contributed by atoms with Crippen molar-refractivity contribution < 1.29 is 4.52 Å². The molecule has 1 aliphatic heterocycles. The van der Waals surface area contributed by atoms with Crippen LogP contribution in [0.25, 0.3) is 0 Å². The summed E-state index contributed by atoms with van der Waals surface area (Å²) < 4.78 is 5.35. The van der Waals surface area contributed by atoms with Crippen LogP contribution in [0.4, 0.5) is 0 Å². The van der Waals surface area contributed by atoms with Crippen LogP contribution >= 0.6 is 11.8 Å². The van der Waals surface area contributed by atoms with Crippen LogP contribution in [0.1, 0.15) is 37.8 Å². The Hall–Kier alpha value is -0.480. The minimum absolute atomic E-state index is 0.133. The number of rotatable bonds is 2. The molecular formula is C11H18N2OS. The number of fused-ring (bicyclic) bond motifs is 1. The first-order valence-corrected chi connectivity index (χ1v) is 6.51. The topological polar surface area (TPSA) is 38.1 Å². The van der Waals surface area contributed by atoms with E-state index < -0.39 is 0 Å². The molecule has 0 bridgehead atoms. The summed E-state index contributed by atoms with van der Waals surface area (Å²) >= 11 is 1.96. The van der Waals surface area contributed by atoms with E-state index in [2.05, 4.69) is 31.2 Å². The molecule has 0 spiro atoms. The smallest absolute Gasteiger partial charge is 0.141 e. The lowest BCUT2D eigenvalue weighted by atomic mass is 10.1. The molecule has 0 saturated carbocycles. The lowest BCUT2D eigenvalue weighted by molar-refractivity contribution is 0.368. The summed E-state index contributed by atoms with van der Waals surface area (Å²) in [4.78, 5) is 0. The molecule has 0 saturated heterocycles. The first kappa shape index (κ1) is 11.0. The Labute approximate surface area is 95.0 Å². The van der Waals surface area contributed by atoms with E-state index in [-0.39, 0.29) is 5.54 Å². The Morgan fingerprint density at radius 2 is 2.27 bits per heavy atom. The van der Waals surface area contributed by atoms with Crippen molar-refractivity contribution in [3.63, 3.8) is 0 Å². The number of aromatic nitrogens is 1. The van der Waals surface area contributed by atoms with Crippen LogP contribution in [-0.4, -0.2) is 16.4 Å². The van der Waals surface area contributed by atoms with E-state index in [0.29, 0.717) is 0 Å². The van der Waals surface area contributed by atoms with Gasteiger partial charge in [-0.25, -0.2) is 0 Å². The van der Waals surface area contributed by atoms with Crippen molar-refractivity contribution in [3.8, 4) is 0 Å². The van der Waals surface area contributed by atoms with E-state index in [0.717, 1.165) is 35.9 Å². The zero-order chi connectivity index (χ0) is 10.9. The van der Waals surface area contributed by atoms with Gasteiger partial charge in [0.1, 0.15) is 11.5 Å². The van der Waals surface area contributed by atoms with Gasteiger partial charge in [0.25, 0.3) is 0 Å². The molecule has 0 atom stereocenters. The molecule has 1 aromatic rings. The summed E-state index contributed by atoms with van der Waals surface area (Å²) in [6, 6.07) is 0. The van der Waals surface area contributed by atoms with Crippen LogP contribution in [-0.2, 0) is 18.7 Å². The van der Waals surface area contributed by atoms with E-state index in [9.17, 15) is 0 Å². The van der Waals surface area contributed by atoms with Crippen LogP contribution in [0.5, 0.6) is 0 Å². The van der Waals surface area contributed by atoms with E-state index >= 15 is 0 Å². The quantitative estimate of drug-likeness (QED) is 0.840. The number of nitrogens with zero attached hydrogens (tertiary/aromatic N) is 1. The van der Waals surface area contributed by atoms with Crippen LogP contribution in [0.15, 0.2) is 4.52 Å². The number of hydrogen-bond donors (Lipinski definition) is 1. The van der Waals surface area contributed by atoms with Crippen molar-refractivity contribution >= 4 is 11.8 Å². The third-order valence-electron chi connectivity index (χ3n) is 2.46. The summed E-state index contributed by atoms with van der Waals surface area (Å²) in [5.74, 6) is 3.31. The Balaban J connectivity index is 2.06. The zero-order valence-corrected chi connectivity index (χ0v) is 10.4. The largest absolute Gasteiger partial charge is 0.361 e. The minimum atomic E-state index is 0.133. The van der Waals surface area contributed by atoms with Crippen LogP contribution in [0.2, 0.25) is 0 Å². The van der Waals surface area contributed by atoms with Crippen LogP contribution in [0, 0.1) is 0 Å². The molecule has 2 rings (SSSR count). The Morgan fingerprint density at radius 3 is 3.00 bits per heavy atom. The van der Waals surface area contributed by atoms with E-state index in [1.165, 1.54) is 5.56 Å². The van der Waals surface area contributed by atoms with Gasteiger partial charge in [-0.15, -0.1) is 0 Å². The summed E-state index contributed by atoms with van der Waals surface area (Å²) in [6.07, 6.45) is 1.03. The van der Waals surface area contributed by atoms with Gasteiger partial charge in [0.15, 0.2) is 0 Å². The second-order valence-corrected chi connectivity index (χ2v) is 6.04. The van der Waals surface area contributed by atoms with Gasteiger partial charge in [0, 0.05) is 35.6 Å². The van der Waals surface area contributed by atoms with Gasteiger partial charge in [-0.3, -0.25) is 0 Å². The zero-order valence-electron chi connectivity index (χ0n) is 9.59. The third kappa shape index (κ3) is 2.75. The highest BCUT2D eigenvalue weighted by Crippen LogP contribution is 2.27. The molecule has 1 aromatic heterocycles. The maximum absolute atomic E-state index is 5.35. The van der Waals surface area contributed by atoms with E-state index in [1.54, 1.807) is 0 Å². The van der Waals surface area contributed by atoms with Gasteiger partial charge in [-0.05, 0) is 20.8 Å².